The Kier molecular flexibility index (Phi) is 4.08. The molecule has 1 N–H and O–H groups in total. The molecule has 1 saturated heterocycles. The molecule has 25 heavy (non-hydrogen) atoms. The van der Waals surface area contributed by atoms with E-state index in [0.29, 0.717) is 36.3 Å². The van der Waals surface area contributed by atoms with E-state index in [0.717, 1.165) is 25.2 Å². The van der Waals surface area contributed by atoms with E-state index in [-0.39, 0.29) is 12.1 Å². The standard InChI is InChI=1S/C16H21N7O2/c1-10-12(5-6-17-20-10)18-16(24)23-8-7-22(2)13(9-23)15-19-14(21-25-15)11-3-4-11/h5-6,11,13H,3-4,7-9H2,1-2H3,(H,17,18,24). The lowest BCUT2D eigenvalue weighted by atomic mass is 10.2. The number of amides is 2. The van der Waals surface area contributed by atoms with Gasteiger partial charge in [-0.05, 0) is 32.9 Å². The van der Waals surface area contributed by atoms with Gasteiger partial charge in [-0.15, -0.1) is 0 Å². The van der Waals surface area contributed by atoms with Crippen LogP contribution in [0.5, 0.6) is 0 Å². The minimum absolute atomic E-state index is 0.0869. The first kappa shape index (κ1) is 15.9. The van der Waals surface area contributed by atoms with Gasteiger partial charge in [0.1, 0.15) is 6.04 Å². The summed E-state index contributed by atoms with van der Waals surface area (Å²) in [5.41, 5.74) is 1.36. The highest BCUT2D eigenvalue weighted by atomic mass is 16.5. The summed E-state index contributed by atoms with van der Waals surface area (Å²) >= 11 is 0. The predicted octanol–water partition coefficient (Wildman–Crippen LogP) is 1.57. The smallest absolute Gasteiger partial charge is 0.322 e. The maximum atomic E-state index is 12.6. The second kappa shape index (κ2) is 6.40. The molecule has 2 aliphatic rings. The number of likely N-dealkylation sites (N-methyl/N-ethyl adjacent to an activating group) is 1. The number of carbonyl (C=O) groups excluding carboxylic acids is 1. The van der Waals surface area contributed by atoms with E-state index in [4.69, 9.17) is 4.52 Å². The number of nitrogens with zero attached hydrogens (tertiary/aromatic N) is 6. The van der Waals surface area contributed by atoms with Crippen molar-refractivity contribution in [3.8, 4) is 0 Å². The molecule has 2 amide bonds. The lowest BCUT2D eigenvalue weighted by Crippen LogP contribution is -2.50. The number of carbonyl (C=O) groups is 1. The SMILES string of the molecule is Cc1nnccc1NC(=O)N1CCN(C)C(c2nc(C3CC3)no2)C1. The van der Waals surface area contributed by atoms with Crippen LogP contribution in [0.25, 0.3) is 0 Å². The van der Waals surface area contributed by atoms with Crippen molar-refractivity contribution in [2.45, 2.75) is 31.7 Å². The van der Waals surface area contributed by atoms with Crippen molar-refractivity contribution in [2.24, 2.45) is 0 Å². The molecule has 2 fully saturated rings. The van der Waals surface area contributed by atoms with E-state index in [9.17, 15) is 4.79 Å². The molecule has 0 bridgehead atoms. The van der Waals surface area contributed by atoms with E-state index in [1.807, 2.05) is 14.0 Å². The average molecular weight is 343 g/mol. The van der Waals surface area contributed by atoms with Crippen LogP contribution in [0.2, 0.25) is 0 Å². The Morgan fingerprint density at radius 3 is 2.96 bits per heavy atom. The van der Waals surface area contributed by atoms with Crippen LogP contribution in [0.3, 0.4) is 0 Å². The molecule has 0 aromatic carbocycles. The summed E-state index contributed by atoms with van der Waals surface area (Å²) in [6.45, 7) is 3.70. The Hall–Kier alpha value is -2.55. The van der Waals surface area contributed by atoms with Gasteiger partial charge in [-0.1, -0.05) is 5.16 Å². The molecule has 1 aliphatic carbocycles. The van der Waals surface area contributed by atoms with Gasteiger partial charge in [0.2, 0.25) is 5.89 Å². The molecule has 1 aliphatic heterocycles. The largest absolute Gasteiger partial charge is 0.338 e. The monoisotopic (exact) mass is 343 g/mol. The van der Waals surface area contributed by atoms with Gasteiger partial charge < -0.3 is 14.7 Å². The van der Waals surface area contributed by atoms with Gasteiger partial charge >= 0.3 is 6.03 Å². The highest BCUT2D eigenvalue weighted by Gasteiger charge is 2.35. The van der Waals surface area contributed by atoms with Crippen LogP contribution in [0, 0.1) is 6.92 Å². The molecule has 2 aromatic rings. The number of rotatable bonds is 3. The quantitative estimate of drug-likeness (QED) is 0.902. The fourth-order valence-electron chi connectivity index (χ4n) is 2.94. The Morgan fingerprint density at radius 1 is 1.36 bits per heavy atom. The van der Waals surface area contributed by atoms with Gasteiger partial charge in [0, 0.05) is 25.6 Å². The fourth-order valence-corrected chi connectivity index (χ4v) is 2.94. The van der Waals surface area contributed by atoms with Crippen LogP contribution < -0.4 is 5.32 Å². The zero-order valence-corrected chi connectivity index (χ0v) is 14.3. The van der Waals surface area contributed by atoms with Gasteiger partial charge in [0.05, 0.1) is 17.6 Å². The third kappa shape index (κ3) is 3.32. The minimum Gasteiger partial charge on any atom is -0.338 e. The second-order valence-corrected chi connectivity index (χ2v) is 6.67. The first-order valence-electron chi connectivity index (χ1n) is 8.50. The third-order valence-corrected chi connectivity index (χ3v) is 4.77. The van der Waals surface area contributed by atoms with E-state index in [1.54, 1.807) is 17.2 Å². The van der Waals surface area contributed by atoms with Crippen LogP contribution in [0.1, 0.15) is 42.2 Å². The van der Waals surface area contributed by atoms with Crippen LogP contribution in [-0.2, 0) is 0 Å². The van der Waals surface area contributed by atoms with Crippen molar-refractivity contribution in [3.05, 3.63) is 29.7 Å². The Balaban J connectivity index is 1.45. The van der Waals surface area contributed by atoms with Crippen molar-refractivity contribution in [3.63, 3.8) is 0 Å². The highest BCUT2D eigenvalue weighted by Crippen LogP contribution is 2.38. The maximum Gasteiger partial charge on any atom is 0.322 e. The van der Waals surface area contributed by atoms with Gasteiger partial charge in [0.15, 0.2) is 5.82 Å². The second-order valence-electron chi connectivity index (χ2n) is 6.67. The first-order chi connectivity index (χ1) is 12.1. The predicted molar refractivity (Wildman–Crippen MR) is 89.0 cm³/mol. The number of aryl methyl sites for hydroxylation is 1. The molecule has 4 rings (SSSR count). The van der Waals surface area contributed by atoms with Gasteiger partial charge in [0.25, 0.3) is 0 Å². The number of hydrogen-bond donors (Lipinski definition) is 1. The van der Waals surface area contributed by atoms with Crippen LogP contribution in [0.15, 0.2) is 16.8 Å². The van der Waals surface area contributed by atoms with Gasteiger partial charge in [-0.25, -0.2) is 4.79 Å². The zero-order chi connectivity index (χ0) is 17.4. The summed E-state index contributed by atoms with van der Waals surface area (Å²) in [4.78, 5) is 21.1. The number of anilines is 1. The van der Waals surface area contributed by atoms with Gasteiger partial charge in [-0.2, -0.15) is 15.2 Å². The summed E-state index contributed by atoms with van der Waals surface area (Å²) < 4.78 is 5.46. The summed E-state index contributed by atoms with van der Waals surface area (Å²) in [5, 5.41) is 14.7. The molecule has 132 valence electrons. The maximum absolute atomic E-state index is 12.6. The number of aromatic nitrogens is 4. The van der Waals surface area contributed by atoms with Crippen molar-refractivity contribution >= 4 is 11.7 Å². The molecule has 9 nitrogen and oxygen atoms in total. The summed E-state index contributed by atoms with van der Waals surface area (Å²) in [7, 11) is 2.01. The normalized spacial score (nSPS) is 21.4. The van der Waals surface area contributed by atoms with Crippen molar-refractivity contribution in [2.75, 3.05) is 32.0 Å². The average Bonchev–Trinajstić information content (AvgIpc) is 3.35. The molecule has 0 radical (unpaired) electrons. The first-order valence-corrected chi connectivity index (χ1v) is 8.50. The molecule has 9 heteroatoms. The van der Waals surface area contributed by atoms with E-state index in [1.165, 1.54) is 0 Å². The molecular weight excluding hydrogens is 322 g/mol. The number of urea groups is 1. The molecule has 0 spiro atoms. The molecule has 3 heterocycles. The number of hydrogen-bond acceptors (Lipinski definition) is 7. The highest BCUT2D eigenvalue weighted by molar-refractivity contribution is 5.89. The van der Waals surface area contributed by atoms with Crippen molar-refractivity contribution < 1.29 is 9.32 Å². The zero-order valence-electron chi connectivity index (χ0n) is 14.3. The minimum atomic E-state index is -0.156. The molecule has 1 saturated carbocycles. The molecule has 1 unspecified atom stereocenters. The third-order valence-electron chi connectivity index (χ3n) is 4.77. The summed E-state index contributed by atoms with van der Waals surface area (Å²) in [6.07, 6.45) is 3.83. The topological polar surface area (TPSA) is 100 Å². The number of piperazine rings is 1. The van der Waals surface area contributed by atoms with E-state index >= 15 is 0 Å². The number of nitrogens with one attached hydrogen (secondary N) is 1. The van der Waals surface area contributed by atoms with E-state index in [2.05, 4.69) is 30.6 Å². The lowest BCUT2D eigenvalue weighted by molar-refractivity contribution is 0.0960. The summed E-state index contributed by atoms with van der Waals surface area (Å²) in [6, 6.07) is 1.50. The Morgan fingerprint density at radius 2 is 2.20 bits per heavy atom. The van der Waals surface area contributed by atoms with Crippen molar-refractivity contribution in [1.82, 2.24) is 30.1 Å². The molecule has 2 aromatic heterocycles. The lowest BCUT2D eigenvalue weighted by Gasteiger charge is -2.37. The Labute approximate surface area is 145 Å². The van der Waals surface area contributed by atoms with Crippen LogP contribution in [-0.4, -0.2) is 62.9 Å². The fraction of sp³-hybridized carbons (Fsp3) is 0.562. The Bertz CT molecular complexity index is 773. The molecular formula is C16H21N7O2. The summed E-state index contributed by atoms with van der Waals surface area (Å²) in [5.74, 6) is 1.83. The molecule has 1 atom stereocenters. The van der Waals surface area contributed by atoms with Crippen LogP contribution >= 0.6 is 0 Å². The van der Waals surface area contributed by atoms with Crippen LogP contribution in [0.4, 0.5) is 10.5 Å². The van der Waals surface area contributed by atoms with E-state index < -0.39 is 0 Å². The van der Waals surface area contributed by atoms with Gasteiger partial charge in [-0.3, -0.25) is 4.90 Å². The van der Waals surface area contributed by atoms with Crippen molar-refractivity contribution in [1.29, 1.82) is 0 Å².